The average molecular weight is 790 g/mol. The van der Waals surface area contributed by atoms with Gasteiger partial charge in [0, 0.05) is 11.1 Å². The summed E-state index contributed by atoms with van der Waals surface area (Å²) in [6.45, 7) is 0. The summed E-state index contributed by atoms with van der Waals surface area (Å²) in [7, 11) is -4.30. The highest BCUT2D eigenvalue weighted by Crippen LogP contribution is 2.58. The summed E-state index contributed by atoms with van der Waals surface area (Å²) in [5.41, 5.74) is -13.4. The maximum atomic E-state index is 15.7. The van der Waals surface area contributed by atoms with Crippen LogP contribution in [0.4, 0.5) is 92.2 Å². The Balaban J connectivity index is 1.74. The van der Waals surface area contributed by atoms with Crippen molar-refractivity contribution in [1.82, 2.24) is 0 Å². The minimum absolute atomic E-state index is 2.43. The summed E-state index contributed by atoms with van der Waals surface area (Å²) in [5, 5.41) is -4.98. The molecule has 0 aromatic heterocycles. The van der Waals surface area contributed by atoms with E-state index >= 15 is 26.3 Å². The predicted molar refractivity (Wildman–Crippen MR) is 131 cm³/mol. The minimum atomic E-state index is -5.72. The molecule has 0 heterocycles. The minimum Gasteiger partial charge on any atom is -0.519 e. The molecule has 24 heteroatoms. The van der Waals surface area contributed by atoms with Crippen molar-refractivity contribution < 1.29 is 102 Å². The van der Waals surface area contributed by atoms with Crippen molar-refractivity contribution in [2.24, 2.45) is 0 Å². The van der Waals surface area contributed by atoms with Crippen LogP contribution in [0.5, 0.6) is 11.5 Å². The highest BCUT2D eigenvalue weighted by atomic mass is 19.3. The molecule has 1 aliphatic carbocycles. The fraction of sp³-hybridized carbons (Fsp3) is 0.0345. The van der Waals surface area contributed by atoms with Crippen LogP contribution in [0.25, 0.3) is 21.9 Å². The lowest BCUT2D eigenvalue weighted by Gasteiger charge is -2.24. The molecule has 0 N–H and O–H groups in total. The lowest BCUT2D eigenvalue weighted by molar-refractivity contribution is 0.0404. The van der Waals surface area contributed by atoms with E-state index in [2.05, 4.69) is 9.31 Å². The SMILES string of the molecule is Fc1c(F)c(F)c(B(Oc2c(F)c(F)c(F)c3c2C(F)(F)c2c(F)c(F)c(F)c(F)c2-3)Oc2c(F)c(F)c(F)c3c(F)c(F)c(F)c(F)c23)c(F)c1F. The molecule has 0 unspecified atom stereocenters. The summed E-state index contributed by atoms with van der Waals surface area (Å²) >= 11 is 0. The van der Waals surface area contributed by atoms with E-state index < -0.39 is 174 Å². The third kappa shape index (κ3) is 4.81. The van der Waals surface area contributed by atoms with Crippen LogP contribution in [0.2, 0.25) is 0 Å². The number of benzene rings is 5. The van der Waals surface area contributed by atoms with E-state index in [0.29, 0.717) is 0 Å². The van der Waals surface area contributed by atoms with Crippen molar-refractivity contribution in [2.75, 3.05) is 0 Å². The van der Waals surface area contributed by atoms with E-state index in [-0.39, 0.29) is 0 Å². The van der Waals surface area contributed by atoms with E-state index in [1.54, 1.807) is 0 Å². The molecule has 278 valence electrons. The zero-order valence-electron chi connectivity index (χ0n) is 23.8. The van der Waals surface area contributed by atoms with Gasteiger partial charge in [0.25, 0.3) is 0 Å². The van der Waals surface area contributed by atoms with Crippen molar-refractivity contribution in [1.29, 1.82) is 0 Å². The lowest BCUT2D eigenvalue weighted by atomic mass is 9.76. The molecular formula is C29BF21O2. The van der Waals surface area contributed by atoms with Crippen molar-refractivity contribution in [3.8, 4) is 22.6 Å². The molecule has 0 saturated heterocycles. The Morgan fingerprint density at radius 2 is 0.623 bits per heavy atom. The average Bonchev–Trinajstić information content (AvgIpc) is 3.37. The van der Waals surface area contributed by atoms with E-state index in [1.807, 2.05) is 0 Å². The van der Waals surface area contributed by atoms with Crippen molar-refractivity contribution >= 4 is 23.4 Å². The normalized spacial score (nSPS) is 13.2. The van der Waals surface area contributed by atoms with Crippen molar-refractivity contribution in [3.63, 3.8) is 0 Å². The van der Waals surface area contributed by atoms with Crippen LogP contribution in [-0.2, 0) is 5.92 Å². The summed E-state index contributed by atoms with van der Waals surface area (Å²) in [5.74, 6) is -69.8. The molecule has 0 aliphatic heterocycles. The Labute approximate surface area is 275 Å². The summed E-state index contributed by atoms with van der Waals surface area (Å²) in [4.78, 5) is 0. The molecule has 0 fully saturated rings. The molecule has 0 saturated carbocycles. The van der Waals surface area contributed by atoms with Crippen LogP contribution in [0.15, 0.2) is 0 Å². The first-order valence-electron chi connectivity index (χ1n) is 13.1. The number of halogens is 21. The maximum Gasteiger partial charge on any atom is 0.639 e. The Morgan fingerprint density at radius 1 is 0.302 bits per heavy atom. The topological polar surface area (TPSA) is 18.5 Å². The molecular weight excluding hydrogens is 790 g/mol. The molecule has 53 heavy (non-hydrogen) atoms. The first-order valence-corrected chi connectivity index (χ1v) is 13.1. The third-order valence-electron chi connectivity index (χ3n) is 7.65. The molecule has 6 rings (SSSR count). The Kier molecular flexibility index (Phi) is 8.48. The number of alkyl halides is 2. The standard InChI is InChI=1S/C29BF21O2/c31-8-1-2-6(29(50,51)5(1)13(36)21(44)16(8)39)28(26(49)19(42)9(2)32)53-30(7-14(37)22(45)24(47)23(46)15(7)38)52-27-4-3(11(34)20(43)25(27)48)10(33)17(40)18(41)12(4)35. The molecule has 1 aliphatic rings. The van der Waals surface area contributed by atoms with Crippen molar-refractivity contribution in [2.45, 2.75) is 5.92 Å². The Bertz CT molecular complexity index is 2460. The fourth-order valence-electron chi connectivity index (χ4n) is 5.33. The quantitative estimate of drug-likeness (QED) is 0.0765. The van der Waals surface area contributed by atoms with Crippen LogP contribution < -0.4 is 14.8 Å². The summed E-state index contributed by atoms with van der Waals surface area (Å²) < 4.78 is 317. The summed E-state index contributed by atoms with van der Waals surface area (Å²) in [6.07, 6.45) is 0. The van der Waals surface area contributed by atoms with Gasteiger partial charge in [-0.3, -0.25) is 0 Å². The first kappa shape index (κ1) is 37.3. The zero-order chi connectivity index (χ0) is 39.7. The highest BCUT2D eigenvalue weighted by molar-refractivity contribution is 6.63. The monoisotopic (exact) mass is 790 g/mol. The van der Waals surface area contributed by atoms with Crippen LogP contribution in [0, 0.1) is 111 Å². The van der Waals surface area contributed by atoms with Crippen LogP contribution in [-0.4, -0.2) is 7.12 Å². The van der Waals surface area contributed by atoms with E-state index in [0.717, 1.165) is 0 Å². The van der Waals surface area contributed by atoms with Crippen LogP contribution >= 0.6 is 0 Å². The van der Waals surface area contributed by atoms with Gasteiger partial charge in [-0.15, -0.1) is 0 Å². The van der Waals surface area contributed by atoms with E-state index in [1.165, 1.54) is 0 Å². The molecule has 0 atom stereocenters. The van der Waals surface area contributed by atoms with Gasteiger partial charge in [-0.05, 0) is 0 Å². The molecule has 0 spiro atoms. The molecule has 5 aromatic rings. The second-order valence-corrected chi connectivity index (χ2v) is 10.4. The number of hydrogen-bond donors (Lipinski definition) is 0. The van der Waals surface area contributed by atoms with Gasteiger partial charge in [0.1, 0.15) is 0 Å². The van der Waals surface area contributed by atoms with Gasteiger partial charge >= 0.3 is 13.0 Å². The van der Waals surface area contributed by atoms with E-state index in [4.69, 9.17) is 0 Å². The van der Waals surface area contributed by atoms with Gasteiger partial charge in [0.2, 0.25) is 11.6 Å². The summed E-state index contributed by atoms with van der Waals surface area (Å²) in [6, 6.07) is 0. The second kappa shape index (κ2) is 12.0. The predicted octanol–water partition coefficient (Wildman–Crippen LogP) is 9.46. The Hall–Kier alpha value is -5.45. The molecule has 0 amide bonds. The smallest absolute Gasteiger partial charge is 0.519 e. The zero-order valence-corrected chi connectivity index (χ0v) is 23.8. The maximum absolute atomic E-state index is 15.7. The van der Waals surface area contributed by atoms with Gasteiger partial charge in [-0.2, -0.15) is 17.6 Å². The van der Waals surface area contributed by atoms with Gasteiger partial charge in [0.15, 0.2) is 110 Å². The van der Waals surface area contributed by atoms with Gasteiger partial charge in [0.05, 0.1) is 27.4 Å². The van der Waals surface area contributed by atoms with Crippen LogP contribution in [0.1, 0.15) is 11.1 Å². The molecule has 0 radical (unpaired) electrons. The number of rotatable bonds is 5. The van der Waals surface area contributed by atoms with Crippen molar-refractivity contribution in [3.05, 3.63) is 122 Å². The highest BCUT2D eigenvalue weighted by Gasteiger charge is 2.56. The van der Waals surface area contributed by atoms with Gasteiger partial charge < -0.3 is 9.31 Å². The lowest BCUT2D eigenvalue weighted by Crippen LogP contribution is -2.48. The van der Waals surface area contributed by atoms with Crippen LogP contribution in [0.3, 0.4) is 0 Å². The molecule has 2 nitrogen and oxygen atoms in total. The van der Waals surface area contributed by atoms with Gasteiger partial charge in [-0.25, -0.2) is 74.6 Å². The molecule has 5 aromatic carbocycles. The number of fused-ring (bicyclic) bond motifs is 4. The number of hydrogen-bond acceptors (Lipinski definition) is 2. The van der Waals surface area contributed by atoms with E-state index in [9.17, 15) is 65.9 Å². The largest absolute Gasteiger partial charge is 0.639 e. The third-order valence-corrected chi connectivity index (χ3v) is 7.65. The molecule has 0 bridgehead atoms. The Morgan fingerprint density at radius 3 is 1.13 bits per heavy atom. The van der Waals surface area contributed by atoms with Gasteiger partial charge in [-0.1, -0.05) is 0 Å². The fourth-order valence-corrected chi connectivity index (χ4v) is 5.33. The first-order chi connectivity index (χ1) is 24.5. The second-order valence-electron chi connectivity index (χ2n) is 10.4.